The highest BCUT2D eigenvalue weighted by Crippen LogP contribution is 2.45. The summed E-state index contributed by atoms with van der Waals surface area (Å²) in [5.41, 5.74) is -0.845. The molecule has 0 bridgehead atoms. The minimum Gasteiger partial charge on any atom is -0.487 e. The number of anilines is 1. The third-order valence-corrected chi connectivity index (χ3v) is 6.10. The number of carbonyl (C=O) groups is 2. The molecule has 0 aliphatic carbocycles. The van der Waals surface area contributed by atoms with Crippen molar-refractivity contribution in [2.45, 2.75) is 30.9 Å². The third-order valence-electron chi connectivity index (χ3n) is 6.10. The molecule has 12 heteroatoms. The van der Waals surface area contributed by atoms with Gasteiger partial charge in [0.05, 0.1) is 12.6 Å². The van der Waals surface area contributed by atoms with Crippen molar-refractivity contribution < 1.29 is 45.4 Å². The van der Waals surface area contributed by atoms with E-state index in [2.05, 4.69) is 0 Å². The van der Waals surface area contributed by atoms with Crippen molar-refractivity contribution in [2.75, 3.05) is 31.2 Å². The van der Waals surface area contributed by atoms with E-state index in [1.54, 1.807) is 6.92 Å². The number of nitrogens with zero attached hydrogens (tertiary/aromatic N) is 2. The number of epoxide rings is 1. The van der Waals surface area contributed by atoms with Crippen LogP contribution in [0.25, 0.3) is 0 Å². The lowest BCUT2D eigenvalue weighted by Crippen LogP contribution is -2.59. The smallest absolute Gasteiger partial charge is 0.340 e. The molecule has 0 saturated carbocycles. The molecule has 2 saturated heterocycles. The lowest BCUT2D eigenvalue weighted by atomic mass is 9.90. The summed E-state index contributed by atoms with van der Waals surface area (Å²) in [6, 6.07) is 7.42. The Balaban J connectivity index is 1.43. The van der Waals surface area contributed by atoms with E-state index >= 15 is 0 Å². The van der Waals surface area contributed by atoms with Gasteiger partial charge in [-0.3, -0.25) is 9.59 Å². The minimum absolute atomic E-state index is 0.0853. The van der Waals surface area contributed by atoms with Crippen LogP contribution in [-0.2, 0) is 19.9 Å². The molecule has 2 aromatic rings. The molecule has 0 N–H and O–H groups in total. The van der Waals surface area contributed by atoms with E-state index in [9.17, 15) is 35.9 Å². The van der Waals surface area contributed by atoms with Crippen LogP contribution in [0.15, 0.2) is 42.5 Å². The highest BCUT2D eigenvalue weighted by molar-refractivity contribution is 6.04. The maximum absolute atomic E-state index is 14.4. The van der Waals surface area contributed by atoms with E-state index < -0.39 is 54.0 Å². The van der Waals surface area contributed by atoms with E-state index in [0.717, 1.165) is 12.1 Å². The zero-order chi connectivity index (χ0) is 25.5. The molecule has 188 valence electrons. The van der Waals surface area contributed by atoms with Crippen LogP contribution in [0.3, 0.4) is 0 Å². The first-order chi connectivity index (χ1) is 16.4. The van der Waals surface area contributed by atoms with Gasteiger partial charge in [-0.1, -0.05) is 6.07 Å². The zero-order valence-electron chi connectivity index (χ0n) is 18.3. The number of piperazine rings is 1. The van der Waals surface area contributed by atoms with Crippen molar-refractivity contribution in [3.8, 4) is 5.75 Å². The van der Waals surface area contributed by atoms with Crippen molar-refractivity contribution in [3.63, 3.8) is 0 Å². The summed E-state index contributed by atoms with van der Waals surface area (Å²) in [5, 5.41) is 0. The van der Waals surface area contributed by atoms with Gasteiger partial charge >= 0.3 is 12.3 Å². The Labute approximate surface area is 196 Å². The number of halogens is 6. The Bertz CT molecular complexity index is 1120. The zero-order valence-corrected chi connectivity index (χ0v) is 18.3. The Hall–Kier alpha value is -3.28. The number of ether oxygens (including phenoxy) is 2. The van der Waals surface area contributed by atoms with E-state index in [-0.39, 0.29) is 36.7 Å². The van der Waals surface area contributed by atoms with Crippen molar-refractivity contribution in [1.29, 1.82) is 0 Å². The summed E-state index contributed by atoms with van der Waals surface area (Å²) in [5.74, 6) is -6.92. The fraction of sp³-hybridized carbons (Fsp3) is 0.391. The van der Waals surface area contributed by atoms with E-state index in [1.807, 2.05) is 0 Å². The summed E-state index contributed by atoms with van der Waals surface area (Å²) in [4.78, 5) is 28.1. The van der Waals surface area contributed by atoms with Crippen molar-refractivity contribution >= 4 is 17.5 Å². The van der Waals surface area contributed by atoms with Gasteiger partial charge < -0.3 is 19.3 Å². The number of rotatable bonds is 8. The highest BCUT2D eigenvalue weighted by Gasteiger charge is 2.56. The number of amides is 2. The molecule has 35 heavy (non-hydrogen) atoms. The SMILES string of the molecule is CC(N1CC(=O)N(c2ccc(OCC(F)(F)C(F)F)cc2)CC1=O)C1(c2ccc(F)cc2F)CO1. The fourth-order valence-corrected chi connectivity index (χ4v) is 3.97. The van der Waals surface area contributed by atoms with Crippen LogP contribution in [-0.4, -0.2) is 61.4 Å². The lowest BCUT2D eigenvalue weighted by Gasteiger charge is -2.39. The molecule has 4 rings (SSSR count). The molecule has 6 nitrogen and oxygen atoms in total. The number of hydrogen-bond acceptors (Lipinski definition) is 4. The van der Waals surface area contributed by atoms with Crippen molar-refractivity contribution in [2.24, 2.45) is 0 Å². The first-order valence-corrected chi connectivity index (χ1v) is 10.5. The molecule has 2 heterocycles. The van der Waals surface area contributed by atoms with Crippen LogP contribution in [0.1, 0.15) is 12.5 Å². The summed E-state index contributed by atoms with van der Waals surface area (Å²) >= 11 is 0. The fourth-order valence-electron chi connectivity index (χ4n) is 3.97. The molecule has 2 aliphatic heterocycles. The van der Waals surface area contributed by atoms with Gasteiger partial charge in [-0.25, -0.2) is 17.6 Å². The molecule has 2 fully saturated rings. The predicted octanol–water partition coefficient (Wildman–Crippen LogP) is 3.73. The summed E-state index contributed by atoms with van der Waals surface area (Å²) < 4.78 is 88.4. The molecule has 2 amide bonds. The first kappa shape index (κ1) is 24.8. The molecular formula is C23H20F6N2O4. The monoisotopic (exact) mass is 502 g/mol. The van der Waals surface area contributed by atoms with E-state index in [4.69, 9.17) is 9.47 Å². The highest BCUT2D eigenvalue weighted by atomic mass is 19.3. The maximum atomic E-state index is 14.4. The number of hydrogen-bond donors (Lipinski definition) is 0. The van der Waals surface area contributed by atoms with Crippen LogP contribution in [0.4, 0.5) is 32.0 Å². The number of carbonyl (C=O) groups excluding carboxylic acids is 2. The minimum atomic E-state index is -4.31. The van der Waals surface area contributed by atoms with Crippen LogP contribution in [0.2, 0.25) is 0 Å². The number of alkyl halides is 4. The van der Waals surface area contributed by atoms with Gasteiger partial charge in [0.1, 0.15) is 36.1 Å². The summed E-state index contributed by atoms with van der Waals surface area (Å²) in [6.45, 7) is -0.513. The molecule has 2 atom stereocenters. The molecule has 0 aromatic heterocycles. The normalized spacial score (nSPS) is 21.5. The van der Waals surface area contributed by atoms with Crippen LogP contribution in [0, 0.1) is 11.6 Å². The second-order valence-corrected chi connectivity index (χ2v) is 8.32. The van der Waals surface area contributed by atoms with Crippen LogP contribution < -0.4 is 9.64 Å². The van der Waals surface area contributed by atoms with Crippen molar-refractivity contribution in [3.05, 3.63) is 59.7 Å². The average Bonchev–Trinajstić information content (AvgIpc) is 3.60. The summed E-state index contributed by atoms with van der Waals surface area (Å²) in [6.07, 6.45) is -3.87. The summed E-state index contributed by atoms with van der Waals surface area (Å²) in [7, 11) is 0. The van der Waals surface area contributed by atoms with Gasteiger partial charge in [0.2, 0.25) is 11.8 Å². The Morgan fingerprint density at radius 1 is 1.06 bits per heavy atom. The maximum Gasteiger partial charge on any atom is 0.340 e. The largest absolute Gasteiger partial charge is 0.487 e. The molecular weight excluding hydrogens is 482 g/mol. The second-order valence-electron chi connectivity index (χ2n) is 8.32. The van der Waals surface area contributed by atoms with Gasteiger partial charge in [-0.05, 0) is 37.3 Å². The Morgan fingerprint density at radius 2 is 1.71 bits per heavy atom. The first-order valence-electron chi connectivity index (χ1n) is 10.5. The van der Waals surface area contributed by atoms with Crippen LogP contribution >= 0.6 is 0 Å². The molecule has 2 aromatic carbocycles. The van der Waals surface area contributed by atoms with Gasteiger partial charge in [0, 0.05) is 17.3 Å². The second kappa shape index (κ2) is 9.06. The standard InChI is InChI=1S/C23H20F6N2O4/c1-13(22(11-35-22)17-7-2-14(24)8-18(17)25)30-9-20(33)31(10-19(30)32)15-3-5-16(6-4-15)34-12-23(28,29)21(26)27/h2-8,13,21H,9-12H2,1H3. The Kier molecular flexibility index (Phi) is 6.43. The average molecular weight is 502 g/mol. The lowest BCUT2D eigenvalue weighted by molar-refractivity contribution is -0.148. The van der Waals surface area contributed by atoms with E-state index in [1.165, 1.54) is 40.1 Å². The van der Waals surface area contributed by atoms with Gasteiger partial charge in [-0.2, -0.15) is 8.78 Å². The van der Waals surface area contributed by atoms with Gasteiger partial charge in [0.15, 0.2) is 6.61 Å². The Morgan fingerprint density at radius 3 is 2.29 bits per heavy atom. The molecule has 2 aliphatic rings. The topological polar surface area (TPSA) is 62.4 Å². The van der Waals surface area contributed by atoms with Gasteiger partial charge in [0.25, 0.3) is 0 Å². The molecule has 0 spiro atoms. The quantitative estimate of drug-likeness (QED) is 0.408. The molecule has 2 unspecified atom stereocenters. The predicted molar refractivity (Wildman–Crippen MR) is 110 cm³/mol. The number of benzene rings is 2. The van der Waals surface area contributed by atoms with Gasteiger partial charge in [-0.15, -0.1) is 0 Å². The van der Waals surface area contributed by atoms with Crippen molar-refractivity contribution in [1.82, 2.24) is 4.90 Å². The van der Waals surface area contributed by atoms with E-state index in [0.29, 0.717) is 0 Å². The molecule has 0 radical (unpaired) electrons. The van der Waals surface area contributed by atoms with Crippen LogP contribution in [0.5, 0.6) is 5.75 Å². The third kappa shape index (κ3) is 4.79.